The molecule has 1 aliphatic rings. The lowest BCUT2D eigenvalue weighted by atomic mass is 9.63. The van der Waals surface area contributed by atoms with Crippen LogP contribution in [0.4, 0.5) is 0 Å². The van der Waals surface area contributed by atoms with Crippen molar-refractivity contribution in [3.8, 4) is 0 Å². The zero-order chi connectivity index (χ0) is 12.4. The Morgan fingerprint density at radius 2 is 2.12 bits per heavy atom. The monoisotopic (exact) mass is 253 g/mol. The van der Waals surface area contributed by atoms with Gasteiger partial charge in [0.15, 0.2) is 0 Å². The van der Waals surface area contributed by atoms with E-state index in [1.54, 1.807) is 11.3 Å². The normalized spacial score (nSPS) is 28.2. The molecule has 17 heavy (non-hydrogen) atoms. The summed E-state index contributed by atoms with van der Waals surface area (Å²) in [4.78, 5) is 1.35. The van der Waals surface area contributed by atoms with Crippen LogP contribution >= 0.6 is 11.3 Å². The number of hydrogen-bond donors (Lipinski definition) is 2. The maximum absolute atomic E-state index is 9.85. The smallest absolute Gasteiger partial charge is 0.0618 e. The molecule has 0 amide bonds. The highest BCUT2D eigenvalue weighted by molar-refractivity contribution is 7.09. The summed E-state index contributed by atoms with van der Waals surface area (Å²) in [7, 11) is 0. The van der Waals surface area contributed by atoms with Crippen LogP contribution in [0.15, 0.2) is 17.5 Å². The molecule has 1 heterocycles. The second-order valence-corrected chi connectivity index (χ2v) is 6.80. The predicted molar refractivity (Wildman–Crippen MR) is 73.2 cm³/mol. The Kier molecular flexibility index (Phi) is 3.91. The molecule has 1 unspecified atom stereocenters. The molecule has 0 aromatic carbocycles. The molecule has 1 aliphatic carbocycles. The number of aliphatic hydroxyl groups is 1. The third kappa shape index (κ3) is 2.56. The summed E-state index contributed by atoms with van der Waals surface area (Å²) < 4.78 is 0. The average Bonchev–Trinajstić information content (AvgIpc) is 2.81. The summed E-state index contributed by atoms with van der Waals surface area (Å²) in [6.07, 6.45) is 4.80. The largest absolute Gasteiger partial charge is 0.394 e. The van der Waals surface area contributed by atoms with Crippen molar-refractivity contribution >= 4 is 11.3 Å². The van der Waals surface area contributed by atoms with Gasteiger partial charge in [-0.2, -0.15) is 0 Å². The third-order valence-electron chi connectivity index (χ3n) is 4.40. The first kappa shape index (κ1) is 13.1. The van der Waals surface area contributed by atoms with E-state index in [1.165, 1.54) is 24.1 Å². The first-order chi connectivity index (χ1) is 8.10. The third-order valence-corrected chi connectivity index (χ3v) is 5.28. The zero-order valence-corrected chi connectivity index (χ0v) is 11.6. The maximum atomic E-state index is 9.85. The Labute approximate surface area is 108 Å². The minimum absolute atomic E-state index is 0.102. The summed E-state index contributed by atoms with van der Waals surface area (Å²) in [6.45, 7) is 5.68. The number of hydrogen-bond acceptors (Lipinski definition) is 3. The summed E-state index contributed by atoms with van der Waals surface area (Å²) in [5, 5.41) is 15.6. The van der Waals surface area contributed by atoms with Gasteiger partial charge in [0.05, 0.1) is 6.61 Å². The van der Waals surface area contributed by atoms with E-state index in [0.717, 1.165) is 13.0 Å². The minimum Gasteiger partial charge on any atom is -0.394 e. The van der Waals surface area contributed by atoms with Crippen molar-refractivity contribution < 1.29 is 5.11 Å². The Balaban J connectivity index is 2.07. The van der Waals surface area contributed by atoms with E-state index in [1.807, 2.05) is 0 Å². The van der Waals surface area contributed by atoms with E-state index < -0.39 is 0 Å². The van der Waals surface area contributed by atoms with E-state index in [4.69, 9.17) is 0 Å². The van der Waals surface area contributed by atoms with Crippen LogP contribution in [0, 0.1) is 5.41 Å². The number of thiophene rings is 1. The molecule has 2 N–H and O–H groups in total. The molecule has 3 heteroatoms. The number of rotatable bonds is 4. The van der Waals surface area contributed by atoms with Gasteiger partial charge >= 0.3 is 0 Å². The lowest BCUT2D eigenvalue weighted by molar-refractivity contribution is 0.00953. The van der Waals surface area contributed by atoms with Gasteiger partial charge in [0, 0.05) is 17.0 Å². The summed E-state index contributed by atoms with van der Waals surface area (Å²) in [5.41, 5.74) is 0.0759. The van der Waals surface area contributed by atoms with Crippen LogP contribution in [0.5, 0.6) is 0 Å². The maximum Gasteiger partial charge on any atom is 0.0618 e. The Bertz CT molecular complexity index is 347. The predicted octanol–water partition coefficient (Wildman–Crippen LogP) is 3.17. The number of nitrogens with one attached hydrogen (secondary N) is 1. The van der Waals surface area contributed by atoms with Crippen molar-refractivity contribution in [1.82, 2.24) is 5.32 Å². The molecule has 0 bridgehead atoms. The molecule has 0 radical (unpaired) electrons. The van der Waals surface area contributed by atoms with Gasteiger partial charge in [-0.3, -0.25) is 0 Å². The van der Waals surface area contributed by atoms with Gasteiger partial charge in [-0.25, -0.2) is 0 Å². The molecular weight excluding hydrogens is 230 g/mol. The van der Waals surface area contributed by atoms with Crippen molar-refractivity contribution in [2.45, 2.75) is 51.6 Å². The first-order valence-corrected chi connectivity index (χ1v) is 7.36. The highest BCUT2D eigenvalue weighted by Crippen LogP contribution is 2.43. The van der Waals surface area contributed by atoms with E-state index in [0.29, 0.717) is 0 Å². The van der Waals surface area contributed by atoms with Crippen molar-refractivity contribution in [3.63, 3.8) is 0 Å². The second kappa shape index (κ2) is 5.09. The van der Waals surface area contributed by atoms with Crippen LogP contribution in [-0.4, -0.2) is 17.3 Å². The second-order valence-electron chi connectivity index (χ2n) is 5.76. The van der Waals surface area contributed by atoms with Crippen LogP contribution < -0.4 is 5.32 Å². The minimum atomic E-state index is -0.102. The van der Waals surface area contributed by atoms with Crippen LogP contribution in [0.3, 0.4) is 0 Å². The van der Waals surface area contributed by atoms with E-state index in [2.05, 4.69) is 36.7 Å². The van der Waals surface area contributed by atoms with E-state index in [-0.39, 0.29) is 17.6 Å². The van der Waals surface area contributed by atoms with Crippen molar-refractivity contribution in [3.05, 3.63) is 22.4 Å². The molecule has 0 saturated heterocycles. The van der Waals surface area contributed by atoms with E-state index in [9.17, 15) is 5.11 Å². The highest BCUT2D eigenvalue weighted by atomic mass is 32.1. The molecule has 0 aliphatic heterocycles. The van der Waals surface area contributed by atoms with Gasteiger partial charge in [0.25, 0.3) is 0 Å². The van der Waals surface area contributed by atoms with Gasteiger partial charge in [0.1, 0.15) is 0 Å². The molecule has 1 saturated carbocycles. The quantitative estimate of drug-likeness (QED) is 0.864. The Hall–Kier alpha value is -0.380. The van der Waals surface area contributed by atoms with Gasteiger partial charge in [-0.1, -0.05) is 32.8 Å². The molecule has 1 aromatic heterocycles. The van der Waals surface area contributed by atoms with E-state index >= 15 is 0 Å². The highest BCUT2D eigenvalue weighted by Gasteiger charge is 2.45. The summed E-state index contributed by atoms with van der Waals surface area (Å²) in [5.74, 6) is 0. The lowest BCUT2D eigenvalue weighted by Crippen LogP contribution is -2.59. The van der Waals surface area contributed by atoms with Crippen LogP contribution in [0.2, 0.25) is 0 Å². The summed E-state index contributed by atoms with van der Waals surface area (Å²) >= 11 is 1.78. The topological polar surface area (TPSA) is 32.3 Å². The molecule has 96 valence electrons. The molecule has 1 aromatic rings. The van der Waals surface area contributed by atoms with Crippen molar-refractivity contribution in [1.29, 1.82) is 0 Å². The van der Waals surface area contributed by atoms with Gasteiger partial charge in [-0.15, -0.1) is 11.3 Å². The van der Waals surface area contributed by atoms with Crippen LogP contribution in [0.1, 0.15) is 44.4 Å². The van der Waals surface area contributed by atoms with Crippen molar-refractivity contribution in [2.24, 2.45) is 5.41 Å². The molecule has 0 spiro atoms. The fourth-order valence-corrected chi connectivity index (χ4v) is 3.56. The average molecular weight is 253 g/mol. The lowest BCUT2D eigenvalue weighted by Gasteiger charge is -2.50. The van der Waals surface area contributed by atoms with Crippen LogP contribution in [0.25, 0.3) is 0 Å². The fraction of sp³-hybridized carbons (Fsp3) is 0.714. The molecule has 1 atom stereocenters. The Morgan fingerprint density at radius 1 is 1.35 bits per heavy atom. The molecule has 2 rings (SSSR count). The standard InChI is InChI=1S/C14H23NOS/c1-13(2)7-3-4-8-14(13,11-16)15-10-12-6-5-9-17-12/h5-6,9,15-16H,3-4,7-8,10-11H2,1-2H3. The molecule has 2 nitrogen and oxygen atoms in total. The van der Waals surface area contributed by atoms with Crippen molar-refractivity contribution in [2.75, 3.05) is 6.61 Å². The van der Waals surface area contributed by atoms with Gasteiger partial charge < -0.3 is 10.4 Å². The first-order valence-electron chi connectivity index (χ1n) is 6.48. The van der Waals surface area contributed by atoms with Gasteiger partial charge in [0.2, 0.25) is 0 Å². The van der Waals surface area contributed by atoms with Gasteiger partial charge in [-0.05, 0) is 29.7 Å². The SMILES string of the molecule is CC1(C)CCCCC1(CO)NCc1cccs1. The zero-order valence-electron chi connectivity index (χ0n) is 10.8. The molecule has 1 fully saturated rings. The summed E-state index contributed by atoms with van der Waals surface area (Å²) in [6, 6.07) is 4.23. The van der Waals surface area contributed by atoms with Crippen LogP contribution in [-0.2, 0) is 6.54 Å². The fourth-order valence-electron chi connectivity index (χ4n) is 2.92. The Morgan fingerprint density at radius 3 is 2.71 bits per heavy atom. The number of aliphatic hydroxyl groups excluding tert-OH is 1. The molecular formula is C14H23NOS.